The number of carbonyl (C=O) groups excluding carboxylic acids is 1. The number of hydrogen-bond donors (Lipinski definition) is 1. The summed E-state index contributed by atoms with van der Waals surface area (Å²) in [4.78, 5) is 10.5. The molecular formula is C5H8O5S. The van der Waals surface area contributed by atoms with Gasteiger partial charge in [-0.25, -0.2) is 0 Å². The van der Waals surface area contributed by atoms with Gasteiger partial charge in [-0.05, 0) is 6.42 Å². The topological polar surface area (TPSA) is 80.7 Å². The number of ether oxygens (including phenoxy) is 1. The average Bonchev–Trinajstić information content (AvgIpc) is 1.86. The Morgan fingerprint density at radius 2 is 2.18 bits per heavy atom. The Morgan fingerprint density at radius 3 is 2.55 bits per heavy atom. The smallest absolute Gasteiger partial charge is 0.307 e. The molecule has 0 saturated carbocycles. The van der Waals surface area contributed by atoms with Gasteiger partial charge in [-0.3, -0.25) is 9.35 Å². The van der Waals surface area contributed by atoms with E-state index in [1.54, 1.807) is 0 Å². The molecule has 1 atom stereocenters. The van der Waals surface area contributed by atoms with E-state index in [0.717, 1.165) is 0 Å². The molecule has 0 spiro atoms. The maximum atomic E-state index is 10.5. The molecule has 0 radical (unpaired) electrons. The molecular weight excluding hydrogens is 172 g/mol. The van der Waals surface area contributed by atoms with E-state index in [1.165, 1.54) is 0 Å². The van der Waals surface area contributed by atoms with Gasteiger partial charge in [-0.15, -0.1) is 0 Å². The molecule has 5 nitrogen and oxygen atoms in total. The third-order valence-electron chi connectivity index (χ3n) is 1.42. The van der Waals surface area contributed by atoms with Gasteiger partial charge in [0.25, 0.3) is 0 Å². The fourth-order valence-electron chi connectivity index (χ4n) is 0.887. The van der Waals surface area contributed by atoms with Crippen molar-refractivity contribution in [3.05, 3.63) is 0 Å². The zero-order valence-electron chi connectivity index (χ0n) is 5.69. The second-order valence-electron chi connectivity index (χ2n) is 2.33. The SMILES string of the molecule is O=C1CCCC(S(=O)(=O)O)O1. The molecule has 0 aromatic heterocycles. The van der Waals surface area contributed by atoms with Gasteiger partial charge in [0.05, 0.1) is 0 Å². The molecule has 1 N–H and O–H groups in total. The van der Waals surface area contributed by atoms with Crippen molar-refractivity contribution in [1.82, 2.24) is 0 Å². The van der Waals surface area contributed by atoms with Gasteiger partial charge >= 0.3 is 16.1 Å². The highest BCUT2D eigenvalue weighted by molar-refractivity contribution is 7.86. The van der Waals surface area contributed by atoms with Crippen molar-refractivity contribution in [2.24, 2.45) is 0 Å². The predicted octanol–water partition coefficient (Wildman–Crippen LogP) is -0.0726. The predicted molar refractivity (Wildman–Crippen MR) is 35.3 cm³/mol. The van der Waals surface area contributed by atoms with Gasteiger partial charge in [-0.2, -0.15) is 8.42 Å². The van der Waals surface area contributed by atoms with Crippen LogP contribution in [0.25, 0.3) is 0 Å². The molecule has 1 heterocycles. The molecule has 6 heteroatoms. The highest BCUT2D eigenvalue weighted by atomic mass is 32.2. The Labute approximate surface area is 64.1 Å². The summed E-state index contributed by atoms with van der Waals surface area (Å²) >= 11 is 0. The molecule has 1 rings (SSSR count). The molecule has 0 aromatic rings. The largest absolute Gasteiger partial charge is 0.443 e. The quantitative estimate of drug-likeness (QED) is 0.451. The van der Waals surface area contributed by atoms with Crippen LogP contribution in [-0.2, 0) is 19.6 Å². The minimum absolute atomic E-state index is 0.185. The lowest BCUT2D eigenvalue weighted by molar-refractivity contribution is -0.149. The van der Waals surface area contributed by atoms with Gasteiger partial charge < -0.3 is 4.74 Å². The summed E-state index contributed by atoms with van der Waals surface area (Å²) in [5.41, 5.74) is -1.34. The van der Waals surface area contributed by atoms with E-state index in [1.807, 2.05) is 0 Å². The van der Waals surface area contributed by atoms with Crippen LogP contribution in [0.1, 0.15) is 19.3 Å². The van der Waals surface area contributed by atoms with Crippen molar-refractivity contribution < 1.29 is 22.5 Å². The van der Waals surface area contributed by atoms with Crippen LogP contribution in [-0.4, -0.2) is 24.4 Å². The van der Waals surface area contributed by atoms with Gasteiger partial charge in [0.2, 0.25) is 5.44 Å². The summed E-state index contributed by atoms with van der Waals surface area (Å²) in [6.07, 6.45) is 0.861. The fraction of sp³-hybridized carbons (Fsp3) is 0.800. The summed E-state index contributed by atoms with van der Waals surface area (Å²) in [6, 6.07) is 0. The number of hydrogen-bond acceptors (Lipinski definition) is 4. The van der Waals surface area contributed by atoms with E-state index >= 15 is 0 Å². The summed E-state index contributed by atoms with van der Waals surface area (Å²) in [6.45, 7) is 0. The van der Waals surface area contributed by atoms with Crippen LogP contribution in [0.2, 0.25) is 0 Å². The lowest BCUT2D eigenvalue weighted by Gasteiger charge is -2.18. The molecule has 1 aliphatic rings. The fourth-order valence-corrected chi connectivity index (χ4v) is 1.58. The molecule has 1 fully saturated rings. The second-order valence-corrected chi connectivity index (χ2v) is 3.88. The van der Waals surface area contributed by atoms with Gasteiger partial charge in [-0.1, -0.05) is 0 Å². The molecule has 0 aliphatic carbocycles. The zero-order valence-corrected chi connectivity index (χ0v) is 6.50. The molecule has 0 aromatic carbocycles. The monoisotopic (exact) mass is 180 g/mol. The van der Waals surface area contributed by atoms with Crippen molar-refractivity contribution >= 4 is 16.1 Å². The van der Waals surface area contributed by atoms with Crippen molar-refractivity contribution in [2.45, 2.75) is 24.7 Å². The van der Waals surface area contributed by atoms with E-state index in [4.69, 9.17) is 4.55 Å². The minimum atomic E-state index is -4.20. The number of esters is 1. The van der Waals surface area contributed by atoms with E-state index in [2.05, 4.69) is 4.74 Å². The summed E-state index contributed by atoms with van der Waals surface area (Å²) < 4.78 is 33.6. The molecule has 1 unspecified atom stereocenters. The second kappa shape index (κ2) is 2.78. The van der Waals surface area contributed by atoms with E-state index in [9.17, 15) is 13.2 Å². The van der Waals surface area contributed by atoms with Gasteiger partial charge in [0.1, 0.15) is 0 Å². The van der Waals surface area contributed by atoms with E-state index in [-0.39, 0.29) is 12.8 Å². The summed E-state index contributed by atoms with van der Waals surface area (Å²) in [5.74, 6) is -0.570. The lowest BCUT2D eigenvalue weighted by Crippen LogP contribution is -2.30. The summed E-state index contributed by atoms with van der Waals surface area (Å²) in [7, 11) is -4.20. The van der Waals surface area contributed by atoms with Crippen molar-refractivity contribution in [1.29, 1.82) is 0 Å². The van der Waals surface area contributed by atoms with E-state index in [0.29, 0.717) is 6.42 Å². The average molecular weight is 180 g/mol. The Balaban J connectivity index is 2.68. The van der Waals surface area contributed by atoms with Crippen LogP contribution in [0.5, 0.6) is 0 Å². The molecule has 0 amide bonds. The highest BCUT2D eigenvalue weighted by Gasteiger charge is 2.30. The van der Waals surface area contributed by atoms with Crippen molar-refractivity contribution in [3.8, 4) is 0 Å². The first-order valence-corrected chi connectivity index (χ1v) is 4.66. The van der Waals surface area contributed by atoms with Crippen LogP contribution >= 0.6 is 0 Å². The zero-order chi connectivity index (χ0) is 8.48. The van der Waals surface area contributed by atoms with Crippen molar-refractivity contribution in [3.63, 3.8) is 0 Å². The number of cyclic esters (lactones) is 1. The van der Waals surface area contributed by atoms with Gasteiger partial charge in [0.15, 0.2) is 0 Å². The Morgan fingerprint density at radius 1 is 1.55 bits per heavy atom. The molecule has 11 heavy (non-hydrogen) atoms. The van der Waals surface area contributed by atoms with Gasteiger partial charge in [0, 0.05) is 12.8 Å². The Kier molecular flexibility index (Phi) is 2.15. The lowest BCUT2D eigenvalue weighted by atomic mass is 10.2. The molecule has 1 saturated heterocycles. The summed E-state index contributed by atoms with van der Waals surface area (Å²) in [5, 5.41) is 0. The normalized spacial score (nSPS) is 26.3. The first kappa shape index (κ1) is 8.48. The van der Waals surface area contributed by atoms with Crippen LogP contribution in [0.3, 0.4) is 0 Å². The Hall–Kier alpha value is -0.620. The van der Waals surface area contributed by atoms with Crippen LogP contribution in [0.4, 0.5) is 0 Å². The maximum Gasteiger partial charge on any atom is 0.307 e. The minimum Gasteiger partial charge on any atom is -0.443 e. The first-order valence-electron chi connectivity index (χ1n) is 3.16. The number of rotatable bonds is 1. The first-order chi connectivity index (χ1) is 5.00. The van der Waals surface area contributed by atoms with Crippen LogP contribution in [0.15, 0.2) is 0 Å². The third kappa shape index (κ3) is 2.16. The Bertz CT molecular complexity index is 254. The molecule has 64 valence electrons. The van der Waals surface area contributed by atoms with Crippen molar-refractivity contribution in [2.75, 3.05) is 0 Å². The molecule has 1 aliphatic heterocycles. The van der Waals surface area contributed by atoms with Crippen LogP contribution in [0, 0.1) is 0 Å². The van der Waals surface area contributed by atoms with Crippen LogP contribution < -0.4 is 0 Å². The highest BCUT2D eigenvalue weighted by Crippen LogP contribution is 2.17. The third-order valence-corrected chi connectivity index (χ3v) is 2.41. The molecule has 0 bridgehead atoms. The maximum absolute atomic E-state index is 10.5. The standard InChI is InChI=1S/C5H8O5S/c6-4-2-1-3-5(10-4)11(7,8)9/h5H,1-3H2,(H,7,8,9). The van der Waals surface area contributed by atoms with E-state index < -0.39 is 21.5 Å². The number of carbonyl (C=O) groups is 1.